The summed E-state index contributed by atoms with van der Waals surface area (Å²) < 4.78 is 53.2. The average molecular weight is 219 g/mol. The molecule has 68 valence electrons. The van der Waals surface area contributed by atoms with Crippen LogP contribution in [0.15, 0.2) is 0 Å². The van der Waals surface area contributed by atoms with Crippen LogP contribution in [0.4, 0.5) is 22.0 Å². The van der Waals surface area contributed by atoms with Crippen molar-refractivity contribution < 1.29 is 27.1 Å². The number of rotatable bonds is 1. The molecule has 0 heterocycles. The number of halogens is 7. The Morgan fingerprint density at radius 1 is 0.909 bits per heavy atom. The smallest absolute Gasteiger partial charge is 0.358 e. The largest absolute Gasteiger partial charge is 0.459 e. The summed E-state index contributed by atoms with van der Waals surface area (Å²) in [6.45, 7) is 0. The van der Waals surface area contributed by atoms with Crippen molar-refractivity contribution in [1.29, 1.82) is 0 Å². The fourth-order valence-electron chi connectivity index (χ4n) is 0.171. The highest BCUT2D eigenvalue weighted by Crippen LogP contribution is 2.47. The van der Waals surface area contributed by atoms with Crippen molar-refractivity contribution in [3.05, 3.63) is 0 Å². The van der Waals surface area contributed by atoms with Gasteiger partial charge in [-0.3, -0.25) is 0 Å². The van der Waals surface area contributed by atoms with Crippen molar-refractivity contribution in [3.8, 4) is 0 Å². The van der Waals surface area contributed by atoms with Crippen molar-refractivity contribution in [2.24, 2.45) is 0 Å². The molecule has 0 atom stereocenters. The zero-order chi connectivity index (χ0) is 9.50. The predicted molar refractivity (Wildman–Crippen MR) is 27.7 cm³/mol. The Morgan fingerprint density at radius 3 is 1.18 bits per heavy atom. The van der Waals surface area contributed by atoms with Gasteiger partial charge in [0.15, 0.2) is 0 Å². The lowest BCUT2D eigenvalue weighted by Gasteiger charge is -2.25. The minimum Gasteiger partial charge on any atom is -0.358 e. The summed E-state index contributed by atoms with van der Waals surface area (Å²) in [4.78, 5) is 0. The Bertz CT molecular complexity index is 131. The quantitative estimate of drug-likeness (QED) is 0.529. The van der Waals surface area contributed by atoms with E-state index in [-0.39, 0.29) is 0 Å². The van der Waals surface area contributed by atoms with Crippen molar-refractivity contribution in [2.45, 2.75) is 16.6 Å². The van der Waals surface area contributed by atoms with Crippen molar-refractivity contribution in [3.63, 3.8) is 0 Å². The van der Waals surface area contributed by atoms with Crippen molar-refractivity contribution in [1.82, 2.24) is 0 Å². The summed E-state index contributed by atoms with van der Waals surface area (Å²) in [6.07, 6.45) is -5.97. The standard InChI is InChI=1S/C3HCl2F5O/c4-2(5,11)1(6,7)3(8,9)10/h11H. The summed E-state index contributed by atoms with van der Waals surface area (Å²) in [5, 5.41) is 7.94. The maximum absolute atomic E-state index is 11.8. The zero-order valence-electron chi connectivity index (χ0n) is 4.59. The molecule has 0 aromatic carbocycles. The van der Waals surface area contributed by atoms with E-state index in [9.17, 15) is 22.0 Å². The van der Waals surface area contributed by atoms with Crippen LogP contribution in [0, 0.1) is 0 Å². The van der Waals surface area contributed by atoms with E-state index in [4.69, 9.17) is 5.11 Å². The van der Waals surface area contributed by atoms with Gasteiger partial charge in [-0.1, -0.05) is 23.2 Å². The summed E-state index contributed by atoms with van der Waals surface area (Å²) in [6, 6.07) is 0. The first-order valence-corrected chi connectivity index (χ1v) is 2.80. The molecule has 0 aliphatic rings. The molecule has 0 spiro atoms. The molecule has 0 unspecified atom stereocenters. The molecule has 1 N–H and O–H groups in total. The Hall–Kier alpha value is 0.190. The highest BCUT2D eigenvalue weighted by atomic mass is 35.5. The van der Waals surface area contributed by atoms with Gasteiger partial charge in [-0.25, -0.2) is 0 Å². The number of hydrogen-bond acceptors (Lipinski definition) is 1. The van der Waals surface area contributed by atoms with Gasteiger partial charge in [-0.15, -0.1) is 0 Å². The van der Waals surface area contributed by atoms with Crippen LogP contribution < -0.4 is 0 Å². The SMILES string of the molecule is OC(Cl)(Cl)C(F)(F)C(F)(F)F. The molecule has 0 aliphatic heterocycles. The Balaban J connectivity index is 4.75. The highest BCUT2D eigenvalue weighted by Gasteiger charge is 2.69. The third kappa shape index (κ3) is 2.07. The Labute approximate surface area is 67.7 Å². The van der Waals surface area contributed by atoms with Crippen LogP contribution in [0.25, 0.3) is 0 Å². The van der Waals surface area contributed by atoms with Crippen LogP contribution in [0.2, 0.25) is 0 Å². The van der Waals surface area contributed by atoms with E-state index < -0.39 is 16.6 Å². The maximum atomic E-state index is 11.8. The molecule has 0 bridgehead atoms. The molecule has 8 heteroatoms. The van der Waals surface area contributed by atoms with Crippen LogP contribution in [0.5, 0.6) is 0 Å². The van der Waals surface area contributed by atoms with E-state index >= 15 is 0 Å². The topological polar surface area (TPSA) is 20.2 Å². The summed E-state index contributed by atoms with van der Waals surface area (Å²) >= 11 is 8.32. The third-order valence-corrected chi connectivity index (χ3v) is 1.21. The van der Waals surface area contributed by atoms with Crippen LogP contribution in [0.1, 0.15) is 0 Å². The Kier molecular flexibility index (Phi) is 2.65. The van der Waals surface area contributed by atoms with E-state index in [1.54, 1.807) is 0 Å². The fraction of sp³-hybridized carbons (Fsp3) is 1.00. The van der Waals surface area contributed by atoms with E-state index in [1.807, 2.05) is 0 Å². The van der Waals surface area contributed by atoms with Gasteiger partial charge in [0.25, 0.3) is 4.52 Å². The molecule has 1 nitrogen and oxygen atoms in total. The van der Waals surface area contributed by atoms with E-state index in [0.29, 0.717) is 0 Å². The highest BCUT2D eigenvalue weighted by molar-refractivity contribution is 6.47. The maximum Gasteiger partial charge on any atom is 0.459 e. The van der Waals surface area contributed by atoms with Crippen LogP contribution in [0.3, 0.4) is 0 Å². The van der Waals surface area contributed by atoms with Gasteiger partial charge in [-0.2, -0.15) is 22.0 Å². The van der Waals surface area contributed by atoms with Gasteiger partial charge in [0.2, 0.25) is 0 Å². The van der Waals surface area contributed by atoms with E-state index in [0.717, 1.165) is 0 Å². The fourth-order valence-corrected chi connectivity index (χ4v) is 0.385. The Morgan fingerprint density at radius 2 is 1.18 bits per heavy atom. The molecular weight excluding hydrogens is 218 g/mol. The first kappa shape index (κ1) is 11.2. The van der Waals surface area contributed by atoms with Gasteiger partial charge < -0.3 is 5.11 Å². The van der Waals surface area contributed by atoms with E-state index in [1.165, 1.54) is 0 Å². The second-order valence-corrected chi connectivity index (χ2v) is 2.90. The molecule has 0 rings (SSSR count). The molecule has 0 saturated heterocycles. The molecule has 0 saturated carbocycles. The molecule has 0 aromatic heterocycles. The second-order valence-electron chi connectivity index (χ2n) is 1.61. The summed E-state index contributed by atoms with van der Waals surface area (Å²) in [5.41, 5.74) is 0. The first-order valence-electron chi connectivity index (χ1n) is 2.05. The molecule has 0 amide bonds. The summed E-state index contributed by atoms with van der Waals surface area (Å²) in [7, 11) is 0. The van der Waals surface area contributed by atoms with Gasteiger partial charge >= 0.3 is 12.1 Å². The van der Waals surface area contributed by atoms with E-state index in [2.05, 4.69) is 23.2 Å². The van der Waals surface area contributed by atoms with Gasteiger partial charge in [0.1, 0.15) is 0 Å². The monoisotopic (exact) mass is 218 g/mol. The molecule has 0 aliphatic carbocycles. The third-order valence-electron chi connectivity index (χ3n) is 0.734. The van der Waals surface area contributed by atoms with Gasteiger partial charge in [-0.05, 0) is 0 Å². The molecule has 0 fully saturated rings. The van der Waals surface area contributed by atoms with Crippen LogP contribution >= 0.6 is 23.2 Å². The summed E-state index contributed by atoms with van der Waals surface area (Å²) in [5.74, 6) is -5.54. The normalized spacial score (nSPS) is 15.3. The molecular formula is C3HCl2F5O. The van der Waals surface area contributed by atoms with Crippen LogP contribution in [-0.2, 0) is 0 Å². The number of alkyl halides is 7. The molecule has 0 aromatic rings. The molecule has 0 radical (unpaired) electrons. The average Bonchev–Trinajstić information content (AvgIpc) is 1.58. The zero-order valence-corrected chi connectivity index (χ0v) is 6.10. The van der Waals surface area contributed by atoms with Gasteiger partial charge in [0.05, 0.1) is 0 Å². The molecule has 11 heavy (non-hydrogen) atoms. The first-order chi connectivity index (χ1) is 4.50. The number of hydrogen-bond donors (Lipinski definition) is 1. The van der Waals surface area contributed by atoms with Gasteiger partial charge in [0, 0.05) is 0 Å². The van der Waals surface area contributed by atoms with Crippen molar-refractivity contribution >= 4 is 23.2 Å². The number of aliphatic hydroxyl groups is 1. The van der Waals surface area contributed by atoms with Crippen molar-refractivity contribution in [2.75, 3.05) is 0 Å². The second kappa shape index (κ2) is 2.60. The lowest BCUT2D eigenvalue weighted by atomic mass is 10.3. The minimum atomic E-state index is -5.97. The minimum absolute atomic E-state index is 4.13. The lowest BCUT2D eigenvalue weighted by molar-refractivity contribution is -0.308. The van der Waals surface area contributed by atoms with Crippen LogP contribution in [-0.4, -0.2) is 21.7 Å². The predicted octanol–water partition coefficient (Wildman–Crippen LogP) is 2.31. The lowest BCUT2D eigenvalue weighted by Crippen LogP contribution is -2.50.